The van der Waals surface area contributed by atoms with Crippen molar-refractivity contribution >= 4 is 21.4 Å². The van der Waals surface area contributed by atoms with Gasteiger partial charge in [-0.15, -0.1) is 11.3 Å². The van der Waals surface area contributed by atoms with Crippen LogP contribution in [0, 0.1) is 5.92 Å². The Balaban J connectivity index is 1.78. The number of nitrogens with one attached hydrogen (secondary N) is 1. The van der Waals surface area contributed by atoms with E-state index >= 15 is 0 Å². The summed E-state index contributed by atoms with van der Waals surface area (Å²) in [5, 5.41) is 4.90. The van der Waals surface area contributed by atoms with Gasteiger partial charge in [0.25, 0.3) is 0 Å². The Morgan fingerprint density at radius 2 is 2.10 bits per heavy atom. The fourth-order valence-electron chi connectivity index (χ4n) is 2.36. The summed E-state index contributed by atoms with van der Waals surface area (Å²) < 4.78 is 7.31. The van der Waals surface area contributed by atoms with Gasteiger partial charge in [-0.1, -0.05) is 32.0 Å². The van der Waals surface area contributed by atoms with E-state index in [1.165, 1.54) is 33.4 Å². The average molecular weight is 289 g/mol. The normalized spacial score (nSPS) is 15.3. The first-order chi connectivity index (χ1) is 9.74. The number of thiophene rings is 1. The number of hydrogen-bond donors (Lipinski definition) is 1. The molecule has 1 saturated carbocycles. The average Bonchev–Trinajstić information content (AvgIpc) is 3.18. The van der Waals surface area contributed by atoms with E-state index in [0.717, 1.165) is 25.7 Å². The van der Waals surface area contributed by atoms with Crippen molar-refractivity contribution in [2.75, 3.05) is 6.61 Å². The van der Waals surface area contributed by atoms with E-state index in [0.29, 0.717) is 6.04 Å². The van der Waals surface area contributed by atoms with Crippen LogP contribution in [0.15, 0.2) is 24.3 Å². The molecule has 1 aromatic heterocycles. The molecule has 1 heterocycles. The summed E-state index contributed by atoms with van der Waals surface area (Å²) in [4.78, 5) is 1.43. The molecule has 1 aliphatic rings. The summed E-state index contributed by atoms with van der Waals surface area (Å²) in [7, 11) is 0. The standard InChI is InChI=1S/C17H23NOS/c1-12(2)18-9-17-15(11-19-10-13-7-8-13)14-5-3-4-6-16(14)20-17/h3-6,12-13,18H,7-11H2,1-2H3. The van der Waals surface area contributed by atoms with Gasteiger partial charge in [-0.25, -0.2) is 0 Å². The fourth-order valence-corrected chi connectivity index (χ4v) is 3.52. The van der Waals surface area contributed by atoms with Crippen LogP contribution in [0.4, 0.5) is 0 Å². The largest absolute Gasteiger partial charge is 0.376 e. The number of ether oxygens (including phenoxy) is 1. The van der Waals surface area contributed by atoms with Gasteiger partial charge in [0.1, 0.15) is 0 Å². The molecule has 3 rings (SSSR count). The van der Waals surface area contributed by atoms with Crippen LogP contribution in [-0.4, -0.2) is 12.6 Å². The van der Waals surface area contributed by atoms with Crippen molar-refractivity contribution in [3.8, 4) is 0 Å². The van der Waals surface area contributed by atoms with E-state index in [9.17, 15) is 0 Å². The summed E-state index contributed by atoms with van der Waals surface area (Å²) in [6, 6.07) is 9.19. The van der Waals surface area contributed by atoms with Gasteiger partial charge < -0.3 is 10.1 Å². The second kappa shape index (κ2) is 6.25. The molecule has 1 aliphatic carbocycles. The molecule has 0 amide bonds. The van der Waals surface area contributed by atoms with E-state index in [4.69, 9.17) is 4.74 Å². The van der Waals surface area contributed by atoms with Crippen molar-refractivity contribution in [1.29, 1.82) is 0 Å². The van der Waals surface area contributed by atoms with Gasteiger partial charge in [0.2, 0.25) is 0 Å². The molecule has 2 nitrogen and oxygen atoms in total. The van der Waals surface area contributed by atoms with Crippen molar-refractivity contribution in [3.63, 3.8) is 0 Å². The Kier molecular flexibility index (Phi) is 4.39. The lowest BCUT2D eigenvalue weighted by atomic mass is 10.1. The van der Waals surface area contributed by atoms with Gasteiger partial charge in [0.15, 0.2) is 0 Å². The first-order valence-electron chi connectivity index (χ1n) is 7.54. The highest BCUT2D eigenvalue weighted by molar-refractivity contribution is 7.19. The molecule has 2 aromatic rings. The van der Waals surface area contributed by atoms with Crippen molar-refractivity contribution < 1.29 is 4.74 Å². The number of rotatable bonds is 7. The van der Waals surface area contributed by atoms with E-state index < -0.39 is 0 Å². The summed E-state index contributed by atoms with van der Waals surface area (Å²) in [6.45, 7) is 7.02. The van der Waals surface area contributed by atoms with E-state index in [2.05, 4.69) is 43.4 Å². The van der Waals surface area contributed by atoms with Crippen LogP contribution in [0.5, 0.6) is 0 Å². The predicted molar refractivity (Wildman–Crippen MR) is 86.2 cm³/mol. The lowest BCUT2D eigenvalue weighted by Crippen LogP contribution is -2.21. The second-order valence-corrected chi connectivity index (χ2v) is 7.13. The summed E-state index contributed by atoms with van der Waals surface area (Å²) >= 11 is 1.90. The molecule has 108 valence electrons. The van der Waals surface area contributed by atoms with Crippen LogP contribution in [0.1, 0.15) is 37.1 Å². The van der Waals surface area contributed by atoms with Gasteiger partial charge in [-0.3, -0.25) is 0 Å². The maximum atomic E-state index is 5.94. The Bertz CT molecular complexity index is 571. The number of hydrogen-bond acceptors (Lipinski definition) is 3. The minimum Gasteiger partial charge on any atom is -0.376 e. The topological polar surface area (TPSA) is 21.3 Å². The van der Waals surface area contributed by atoms with Crippen LogP contribution < -0.4 is 5.32 Å². The molecule has 0 unspecified atom stereocenters. The molecule has 20 heavy (non-hydrogen) atoms. The molecule has 0 radical (unpaired) electrons. The lowest BCUT2D eigenvalue weighted by molar-refractivity contribution is 0.112. The predicted octanol–water partition coefficient (Wildman–Crippen LogP) is 4.33. The Labute approximate surface area is 125 Å². The summed E-state index contributed by atoms with van der Waals surface area (Å²) in [5.41, 5.74) is 1.39. The van der Waals surface area contributed by atoms with Crippen LogP contribution in [-0.2, 0) is 17.9 Å². The monoisotopic (exact) mass is 289 g/mol. The van der Waals surface area contributed by atoms with E-state index in [-0.39, 0.29) is 0 Å². The summed E-state index contributed by atoms with van der Waals surface area (Å²) in [6.07, 6.45) is 2.71. The minimum absolute atomic E-state index is 0.514. The fraction of sp³-hybridized carbons (Fsp3) is 0.529. The Morgan fingerprint density at radius 3 is 2.85 bits per heavy atom. The molecule has 1 fully saturated rings. The molecule has 3 heteroatoms. The summed E-state index contributed by atoms with van der Waals surface area (Å²) in [5.74, 6) is 0.831. The molecule has 1 N–H and O–H groups in total. The number of benzene rings is 1. The Hall–Kier alpha value is -0.900. The van der Waals surface area contributed by atoms with Crippen LogP contribution in [0.25, 0.3) is 10.1 Å². The van der Waals surface area contributed by atoms with Gasteiger partial charge in [-0.05, 0) is 30.2 Å². The third kappa shape index (κ3) is 3.40. The van der Waals surface area contributed by atoms with Gasteiger partial charge in [-0.2, -0.15) is 0 Å². The van der Waals surface area contributed by atoms with E-state index in [1.807, 2.05) is 11.3 Å². The molecule has 0 bridgehead atoms. The zero-order valence-corrected chi connectivity index (χ0v) is 13.1. The zero-order chi connectivity index (χ0) is 13.9. The molecule has 0 saturated heterocycles. The van der Waals surface area contributed by atoms with Crippen molar-refractivity contribution in [2.45, 2.75) is 45.9 Å². The zero-order valence-electron chi connectivity index (χ0n) is 12.3. The quantitative estimate of drug-likeness (QED) is 0.819. The third-order valence-corrected chi connectivity index (χ3v) is 4.96. The second-order valence-electron chi connectivity index (χ2n) is 5.99. The first-order valence-corrected chi connectivity index (χ1v) is 8.36. The Morgan fingerprint density at radius 1 is 1.30 bits per heavy atom. The molecule has 0 spiro atoms. The van der Waals surface area contributed by atoms with Gasteiger partial charge >= 0.3 is 0 Å². The highest BCUT2D eigenvalue weighted by Gasteiger charge is 2.21. The van der Waals surface area contributed by atoms with Crippen LogP contribution in [0.3, 0.4) is 0 Å². The lowest BCUT2D eigenvalue weighted by Gasteiger charge is -2.09. The molecule has 0 atom stereocenters. The van der Waals surface area contributed by atoms with Crippen LogP contribution >= 0.6 is 11.3 Å². The molecule has 0 aliphatic heterocycles. The SMILES string of the molecule is CC(C)NCc1sc2ccccc2c1COCC1CC1. The molecular formula is C17H23NOS. The van der Waals surface area contributed by atoms with Gasteiger partial charge in [0, 0.05) is 34.3 Å². The minimum atomic E-state index is 0.514. The van der Waals surface area contributed by atoms with Crippen molar-refractivity contribution in [3.05, 3.63) is 34.7 Å². The van der Waals surface area contributed by atoms with E-state index in [1.54, 1.807) is 0 Å². The molecule has 1 aromatic carbocycles. The van der Waals surface area contributed by atoms with Crippen LogP contribution in [0.2, 0.25) is 0 Å². The first kappa shape index (κ1) is 14.1. The highest BCUT2D eigenvalue weighted by atomic mass is 32.1. The molecular weight excluding hydrogens is 266 g/mol. The number of fused-ring (bicyclic) bond motifs is 1. The maximum absolute atomic E-state index is 5.94. The highest BCUT2D eigenvalue weighted by Crippen LogP contribution is 2.33. The smallest absolute Gasteiger partial charge is 0.0734 e. The van der Waals surface area contributed by atoms with Crippen molar-refractivity contribution in [2.24, 2.45) is 5.92 Å². The third-order valence-electron chi connectivity index (χ3n) is 3.75. The maximum Gasteiger partial charge on any atom is 0.0734 e. The van der Waals surface area contributed by atoms with Gasteiger partial charge in [0.05, 0.1) is 6.61 Å². The van der Waals surface area contributed by atoms with Crippen molar-refractivity contribution in [1.82, 2.24) is 5.32 Å².